The van der Waals surface area contributed by atoms with Crippen molar-refractivity contribution in [3.63, 3.8) is 0 Å². The summed E-state index contributed by atoms with van der Waals surface area (Å²) in [4.78, 5) is 29.3. The van der Waals surface area contributed by atoms with Crippen LogP contribution in [0.4, 0.5) is 10.8 Å². The zero-order valence-electron chi connectivity index (χ0n) is 18.7. The maximum absolute atomic E-state index is 12.7. The van der Waals surface area contributed by atoms with Crippen LogP contribution in [0, 0.1) is 0 Å². The molecule has 0 atom stereocenters. The van der Waals surface area contributed by atoms with Crippen molar-refractivity contribution in [3.8, 4) is 23.0 Å². The number of methoxy groups -OCH3 is 1. The fourth-order valence-corrected chi connectivity index (χ4v) is 4.31. The summed E-state index contributed by atoms with van der Waals surface area (Å²) in [5, 5.41) is 6.03. The van der Waals surface area contributed by atoms with E-state index in [1.807, 2.05) is 12.1 Å². The highest BCUT2D eigenvalue weighted by molar-refractivity contribution is 7.22. The first-order valence-corrected chi connectivity index (χ1v) is 11.6. The Labute approximate surface area is 204 Å². The van der Waals surface area contributed by atoms with Crippen molar-refractivity contribution < 1.29 is 28.5 Å². The molecule has 9 nitrogen and oxygen atoms in total. The molecule has 178 valence electrons. The topological polar surface area (TPSA) is 108 Å². The van der Waals surface area contributed by atoms with E-state index in [2.05, 4.69) is 15.6 Å². The van der Waals surface area contributed by atoms with E-state index in [-0.39, 0.29) is 18.4 Å². The van der Waals surface area contributed by atoms with Gasteiger partial charge in [-0.1, -0.05) is 17.4 Å². The summed E-state index contributed by atoms with van der Waals surface area (Å²) < 4.78 is 22.7. The minimum Gasteiger partial charge on any atom is -0.497 e. The van der Waals surface area contributed by atoms with Crippen LogP contribution in [0.3, 0.4) is 0 Å². The standard InChI is InChI=1S/C25H21N3O6S/c1-31-18-4-2-3-16(11-18)26-23(29)14-34-17-7-5-15(6-8-17)24(30)28-25-27-19-12-20-21(13-22(19)35-25)33-10-9-32-20/h2-8,11-13H,9-10,14H2,1H3,(H,26,29)(H,27,28,30). The number of ether oxygens (including phenoxy) is 4. The van der Waals surface area contributed by atoms with Crippen molar-refractivity contribution in [1.82, 2.24) is 4.98 Å². The molecule has 0 saturated heterocycles. The second kappa shape index (κ2) is 9.90. The molecule has 5 rings (SSSR count). The van der Waals surface area contributed by atoms with Crippen LogP contribution >= 0.6 is 11.3 Å². The van der Waals surface area contributed by atoms with E-state index in [0.29, 0.717) is 52.6 Å². The van der Waals surface area contributed by atoms with E-state index >= 15 is 0 Å². The molecule has 1 aliphatic rings. The molecule has 0 bridgehead atoms. The average molecular weight is 492 g/mol. The Kier molecular flexibility index (Phi) is 6.36. The van der Waals surface area contributed by atoms with Crippen molar-refractivity contribution in [2.24, 2.45) is 0 Å². The van der Waals surface area contributed by atoms with Gasteiger partial charge in [0.1, 0.15) is 24.7 Å². The van der Waals surface area contributed by atoms with E-state index in [4.69, 9.17) is 18.9 Å². The Morgan fingerprint density at radius 1 is 0.971 bits per heavy atom. The first-order valence-electron chi connectivity index (χ1n) is 10.8. The van der Waals surface area contributed by atoms with E-state index in [1.165, 1.54) is 11.3 Å². The van der Waals surface area contributed by atoms with Crippen LogP contribution in [0.5, 0.6) is 23.0 Å². The number of nitrogens with zero attached hydrogens (tertiary/aromatic N) is 1. The van der Waals surface area contributed by atoms with Crippen molar-refractivity contribution in [2.45, 2.75) is 0 Å². The van der Waals surface area contributed by atoms with Gasteiger partial charge in [-0.2, -0.15) is 0 Å². The average Bonchev–Trinajstić information content (AvgIpc) is 3.27. The maximum atomic E-state index is 12.7. The van der Waals surface area contributed by atoms with E-state index in [1.54, 1.807) is 55.6 Å². The van der Waals surface area contributed by atoms with Crippen LogP contribution in [-0.2, 0) is 4.79 Å². The molecule has 10 heteroatoms. The maximum Gasteiger partial charge on any atom is 0.262 e. The van der Waals surface area contributed by atoms with Crippen LogP contribution in [0.25, 0.3) is 10.2 Å². The third-order valence-electron chi connectivity index (χ3n) is 5.11. The minimum atomic E-state index is -0.312. The predicted octanol–water partition coefficient (Wildman–Crippen LogP) is 4.35. The monoisotopic (exact) mass is 491 g/mol. The van der Waals surface area contributed by atoms with Crippen LogP contribution in [0.1, 0.15) is 10.4 Å². The molecule has 2 heterocycles. The number of carbonyl (C=O) groups excluding carboxylic acids is 2. The van der Waals surface area contributed by atoms with Crippen molar-refractivity contribution in [1.29, 1.82) is 0 Å². The second-order valence-corrected chi connectivity index (χ2v) is 8.56. The molecule has 2 N–H and O–H groups in total. The highest BCUT2D eigenvalue weighted by Crippen LogP contribution is 2.37. The third-order valence-corrected chi connectivity index (χ3v) is 6.05. The molecule has 0 aliphatic carbocycles. The number of hydrogen-bond acceptors (Lipinski definition) is 8. The molecule has 3 aromatic carbocycles. The summed E-state index contributed by atoms with van der Waals surface area (Å²) >= 11 is 1.35. The Hall–Kier alpha value is -4.31. The number of rotatable bonds is 7. The van der Waals surface area contributed by atoms with Gasteiger partial charge in [-0.15, -0.1) is 0 Å². The number of hydrogen-bond donors (Lipinski definition) is 2. The van der Waals surface area contributed by atoms with E-state index in [0.717, 1.165) is 10.2 Å². The number of benzene rings is 3. The Bertz CT molecular complexity index is 1340. The number of carbonyl (C=O) groups is 2. The van der Waals surface area contributed by atoms with Gasteiger partial charge in [0.25, 0.3) is 11.8 Å². The summed E-state index contributed by atoms with van der Waals surface area (Å²) in [6.45, 7) is 0.832. The van der Waals surface area contributed by atoms with Gasteiger partial charge in [-0.25, -0.2) is 4.98 Å². The molecular weight excluding hydrogens is 470 g/mol. The molecule has 1 aromatic heterocycles. The van der Waals surface area contributed by atoms with E-state index < -0.39 is 0 Å². The predicted molar refractivity (Wildman–Crippen MR) is 132 cm³/mol. The lowest BCUT2D eigenvalue weighted by atomic mass is 10.2. The van der Waals surface area contributed by atoms with Crippen molar-refractivity contribution >= 4 is 44.2 Å². The van der Waals surface area contributed by atoms with Gasteiger partial charge in [-0.3, -0.25) is 14.9 Å². The smallest absolute Gasteiger partial charge is 0.262 e. The van der Waals surface area contributed by atoms with Crippen molar-refractivity contribution in [2.75, 3.05) is 37.6 Å². The molecule has 4 aromatic rings. The summed E-state index contributed by atoms with van der Waals surface area (Å²) in [5.41, 5.74) is 1.77. The number of aromatic nitrogens is 1. The van der Waals surface area contributed by atoms with Crippen LogP contribution in [0.15, 0.2) is 60.7 Å². The Morgan fingerprint density at radius 3 is 2.51 bits per heavy atom. The summed E-state index contributed by atoms with van der Waals surface area (Å²) in [6.07, 6.45) is 0. The Morgan fingerprint density at radius 2 is 1.74 bits per heavy atom. The van der Waals surface area contributed by atoms with Crippen LogP contribution < -0.4 is 29.6 Å². The fourth-order valence-electron chi connectivity index (χ4n) is 3.44. The van der Waals surface area contributed by atoms with Gasteiger partial charge >= 0.3 is 0 Å². The Balaban J connectivity index is 1.17. The van der Waals surface area contributed by atoms with Gasteiger partial charge in [0, 0.05) is 29.4 Å². The van der Waals surface area contributed by atoms with Gasteiger partial charge < -0.3 is 24.3 Å². The highest BCUT2D eigenvalue weighted by Gasteiger charge is 2.16. The first kappa shape index (κ1) is 22.5. The van der Waals surface area contributed by atoms with E-state index in [9.17, 15) is 9.59 Å². The quantitative estimate of drug-likeness (QED) is 0.396. The lowest BCUT2D eigenvalue weighted by molar-refractivity contribution is -0.118. The molecule has 1 aliphatic heterocycles. The second-order valence-electron chi connectivity index (χ2n) is 7.53. The summed E-state index contributed by atoms with van der Waals surface area (Å²) in [6, 6.07) is 17.2. The zero-order valence-corrected chi connectivity index (χ0v) is 19.5. The number of fused-ring (bicyclic) bond motifs is 2. The lowest BCUT2D eigenvalue weighted by Gasteiger charge is -2.17. The molecule has 0 radical (unpaired) electrons. The first-order chi connectivity index (χ1) is 17.1. The highest BCUT2D eigenvalue weighted by atomic mass is 32.1. The number of nitrogens with one attached hydrogen (secondary N) is 2. The fraction of sp³-hybridized carbons (Fsp3) is 0.160. The largest absolute Gasteiger partial charge is 0.497 e. The molecule has 0 saturated carbocycles. The molecule has 35 heavy (non-hydrogen) atoms. The molecular formula is C25H21N3O6S. The molecule has 0 fully saturated rings. The number of amides is 2. The van der Waals surface area contributed by atoms with Crippen LogP contribution in [-0.4, -0.2) is 43.7 Å². The summed E-state index contributed by atoms with van der Waals surface area (Å²) in [7, 11) is 1.56. The zero-order chi connectivity index (χ0) is 24.2. The molecule has 2 amide bonds. The third kappa shape index (κ3) is 5.28. The van der Waals surface area contributed by atoms with Gasteiger partial charge in [0.2, 0.25) is 0 Å². The minimum absolute atomic E-state index is 0.175. The number of anilines is 2. The van der Waals surface area contributed by atoms with Gasteiger partial charge in [-0.05, 0) is 36.4 Å². The van der Waals surface area contributed by atoms with Crippen LogP contribution in [0.2, 0.25) is 0 Å². The normalized spacial score (nSPS) is 12.1. The van der Waals surface area contributed by atoms with Gasteiger partial charge in [0.05, 0.1) is 17.3 Å². The molecule has 0 unspecified atom stereocenters. The molecule has 0 spiro atoms. The number of thiazole rings is 1. The lowest BCUT2D eigenvalue weighted by Crippen LogP contribution is -2.20. The SMILES string of the molecule is COc1cccc(NC(=O)COc2ccc(C(=O)Nc3nc4cc5c(cc4s3)OCCO5)cc2)c1. The van der Waals surface area contributed by atoms with Crippen molar-refractivity contribution in [3.05, 3.63) is 66.2 Å². The van der Waals surface area contributed by atoms with Gasteiger partial charge in [0.15, 0.2) is 23.2 Å². The summed E-state index contributed by atoms with van der Waals surface area (Å²) in [5.74, 6) is 1.83.